The van der Waals surface area contributed by atoms with Gasteiger partial charge in [0.15, 0.2) is 0 Å². The highest BCUT2D eigenvalue weighted by molar-refractivity contribution is 6.29. The molecule has 0 saturated carbocycles. The first-order chi connectivity index (χ1) is 10.7. The number of hydrogen-bond donors (Lipinski definition) is 1. The first-order valence-electron chi connectivity index (χ1n) is 7.51. The molecule has 5 heteroatoms. The van der Waals surface area contributed by atoms with Gasteiger partial charge in [-0.15, -0.1) is 0 Å². The van der Waals surface area contributed by atoms with Crippen LogP contribution in [0.1, 0.15) is 29.8 Å². The number of anilines is 2. The normalized spacial score (nSPS) is 14.7. The van der Waals surface area contributed by atoms with Crippen LogP contribution in [-0.4, -0.2) is 24.0 Å². The Kier molecular flexibility index (Phi) is 4.59. The summed E-state index contributed by atoms with van der Waals surface area (Å²) in [7, 11) is 0. The van der Waals surface area contributed by atoms with E-state index in [-0.39, 0.29) is 5.91 Å². The van der Waals surface area contributed by atoms with Gasteiger partial charge >= 0.3 is 0 Å². The Bertz CT molecular complexity index is 651. The Morgan fingerprint density at radius 1 is 1.05 bits per heavy atom. The van der Waals surface area contributed by atoms with E-state index < -0.39 is 0 Å². The molecule has 1 saturated heterocycles. The molecular weight excluding hydrogens is 298 g/mol. The fourth-order valence-corrected chi connectivity index (χ4v) is 2.80. The van der Waals surface area contributed by atoms with Gasteiger partial charge in [-0.25, -0.2) is 4.98 Å². The molecule has 1 fully saturated rings. The maximum Gasteiger partial charge on any atom is 0.274 e. The number of hydrogen-bond acceptors (Lipinski definition) is 3. The highest BCUT2D eigenvalue weighted by Gasteiger charge is 2.11. The summed E-state index contributed by atoms with van der Waals surface area (Å²) in [6, 6.07) is 12.9. The summed E-state index contributed by atoms with van der Waals surface area (Å²) in [5.74, 6) is -0.256. The number of nitrogens with zero attached hydrogens (tertiary/aromatic N) is 2. The number of carbonyl (C=O) groups is 1. The van der Waals surface area contributed by atoms with Crippen molar-refractivity contribution in [2.24, 2.45) is 0 Å². The van der Waals surface area contributed by atoms with Gasteiger partial charge < -0.3 is 10.2 Å². The standard InChI is InChI=1S/C17H18ClN3O/c18-16-6-4-5-15(20-16)17(22)19-13-7-9-14(10-8-13)21-11-2-1-3-12-21/h4-10H,1-3,11-12H2,(H,19,22). The van der Waals surface area contributed by atoms with Gasteiger partial charge in [-0.2, -0.15) is 0 Å². The fraction of sp³-hybridized carbons (Fsp3) is 0.294. The molecule has 1 aliphatic rings. The van der Waals surface area contributed by atoms with Gasteiger partial charge in [-0.05, 0) is 55.7 Å². The molecule has 1 aliphatic heterocycles. The van der Waals surface area contributed by atoms with Crippen LogP contribution in [-0.2, 0) is 0 Å². The molecule has 1 N–H and O–H groups in total. The van der Waals surface area contributed by atoms with Gasteiger partial charge in [0.2, 0.25) is 0 Å². The summed E-state index contributed by atoms with van der Waals surface area (Å²) < 4.78 is 0. The van der Waals surface area contributed by atoms with Gasteiger partial charge in [0.05, 0.1) is 0 Å². The number of halogens is 1. The van der Waals surface area contributed by atoms with Crippen molar-refractivity contribution in [1.29, 1.82) is 0 Å². The van der Waals surface area contributed by atoms with E-state index in [1.54, 1.807) is 18.2 Å². The van der Waals surface area contributed by atoms with Crippen molar-refractivity contribution in [1.82, 2.24) is 4.98 Å². The topological polar surface area (TPSA) is 45.2 Å². The molecule has 3 rings (SSSR count). The number of piperidine rings is 1. The van der Waals surface area contributed by atoms with E-state index in [1.165, 1.54) is 24.9 Å². The Balaban J connectivity index is 1.66. The van der Waals surface area contributed by atoms with E-state index in [4.69, 9.17) is 11.6 Å². The maximum absolute atomic E-state index is 12.1. The zero-order chi connectivity index (χ0) is 15.4. The van der Waals surface area contributed by atoms with E-state index in [0.717, 1.165) is 18.8 Å². The van der Waals surface area contributed by atoms with Crippen molar-refractivity contribution in [3.63, 3.8) is 0 Å². The molecule has 1 aromatic heterocycles. The molecule has 0 radical (unpaired) electrons. The van der Waals surface area contributed by atoms with Crippen LogP contribution < -0.4 is 10.2 Å². The molecule has 22 heavy (non-hydrogen) atoms. The van der Waals surface area contributed by atoms with Gasteiger partial charge in [-0.1, -0.05) is 17.7 Å². The third-order valence-electron chi connectivity index (χ3n) is 3.79. The van der Waals surface area contributed by atoms with Gasteiger partial charge in [0, 0.05) is 24.5 Å². The highest BCUT2D eigenvalue weighted by Crippen LogP contribution is 2.22. The molecule has 0 aliphatic carbocycles. The molecule has 4 nitrogen and oxygen atoms in total. The van der Waals surface area contributed by atoms with Crippen LogP contribution in [0.5, 0.6) is 0 Å². The second-order valence-electron chi connectivity index (χ2n) is 5.39. The lowest BCUT2D eigenvalue weighted by atomic mass is 10.1. The summed E-state index contributed by atoms with van der Waals surface area (Å²) in [6.07, 6.45) is 3.81. The van der Waals surface area contributed by atoms with E-state index >= 15 is 0 Å². The lowest BCUT2D eigenvalue weighted by molar-refractivity contribution is 0.102. The Morgan fingerprint density at radius 3 is 2.45 bits per heavy atom. The quantitative estimate of drug-likeness (QED) is 0.871. The fourth-order valence-electron chi connectivity index (χ4n) is 2.64. The number of benzene rings is 1. The maximum atomic E-state index is 12.1. The van der Waals surface area contributed by atoms with Crippen LogP contribution in [0.3, 0.4) is 0 Å². The van der Waals surface area contributed by atoms with Crippen LogP contribution in [0.4, 0.5) is 11.4 Å². The van der Waals surface area contributed by atoms with E-state index in [2.05, 4.69) is 15.2 Å². The largest absolute Gasteiger partial charge is 0.372 e. The summed E-state index contributed by atoms with van der Waals surface area (Å²) >= 11 is 5.80. The van der Waals surface area contributed by atoms with Crippen molar-refractivity contribution in [2.45, 2.75) is 19.3 Å². The molecule has 0 atom stereocenters. The minimum Gasteiger partial charge on any atom is -0.372 e. The van der Waals surface area contributed by atoms with Crippen LogP contribution in [0.15, 0.2) is 42.5 Å². The lowest BCUT2D eigenvalue weighted by Crippen LogP contribution is -2.29. The van der Waals surface area contributed by atoms with E-state index in [0.29, 0.717) is 10.8 Å². The van der Waals surface area contributed by atoms with Crippen molar-refractivity contribution in [3.8, 4) is 0 Å². The lowest BCUT2D eigenvalue weighted by Gasteiger charge is -2.28. The SMILES string of the molecule is O=C(Nc1ccc(N2CCCCC2)cc1)c1cccc(Cl)n1. The van der Waals surface area contributed by atoms with Crippen molar-refractivity contribution in [2.75, 3.05) is 23.3 Å². The molecule has 114 valence electrons. The average molecular weight is 316 g/mol. The number of nitrogens with one attached hydrogen (secondary N) is 1. The van der Waals surface area contributed by atoms with Crippen LogP contribution in [0.2, 0.25) is 5.15 Å². The van der Waals surface area contributed by atoms with Crippen molar-refractivity contribution >= 4 is 28.9 Å². The Morgan fingerprint density at radius 2 is 1.77 bits per heavy atom. The summed E-state index contributed by atoms with van der Waals surface area (Å²) in [4.78, 5) is 18.5. The number of rotatable bonds is 3. The van der Waals surface area contributed by atoms with E-state index in [1.807, 2.05) is 24.3 Å². The molecule has 0 unspecified atom stereocenters. The monoisotopic (exact) mass is 315 g/mol. The smallest absolute Gasteiger partial charge is 0.274 e. The first kappa shape index (κ1) is 14.9. The van der Waals surface area contributed by atoms with E-state index in [9.17, 15) is 4.79 Å². The predicted octanol–water partition coefficient (Wildman–Crippen LogP) is 3.98. The molecule has 0 bridgehead atoms. The number of carbonyl (C=O) groups excluding carboxylic acids is 1. The minimum atomic E-state index is -0.256. The second kappa shape index (κ2) is 6.79. The Hall–Kier alpha value is -2.07. The van der Waals surface area contributed by atoms with Crippen LogP contribution >= 0.6 is 11.6 Å². The summed E-state index contributed by atoms with van der Waals surface area (Å²) in [6.45, 7) is 2.22. The zero-order valence-corrected chi connectivity index (χ0v) is 13.0. The molecule has 1 amide bonds. The number of aromatic nitrogens is 1. The third-order valence-corrected chi connectivity index (χ3v) is 4.00. The van der Waals surface area contributed by atoms with Crippen molar-refractivity contribution in [3.05, 3.63) is 53.3 Å². The third kappa shape index (κ3) is 3.57. The predicted molar refractivity (Wildman–Crippen MR) is 89.7 cm³/mol. The number of pyridine rings is 1. The van der Waals surface area contributed by atoms with Gasteiger partial charge in [0.25, 0.3) is 5.91 Å². The molecule has 1 aromatic carbocycles. The van der Waals surface area contributed by atoms with Crippen LogP contribution in [0, 0.1) is 0 Å². The number of amides is 1. The van der Waals surface area contributed by atoms with Crippen LogP contribution in [0.25, 0.3) is 0 Å². The minimum absolute atomic E-state index is 0.256. The van der Waals surface area contributed by atoms with Gasteiger partial charge in [-0.3, -0.25) is 4.79 Å². The second-order valence-corrected chi connectivity index (χ2v) is 5.78. The average Bonchev–Trinajstić information content (AvgIpc) is 2.56. The Labute approximate surface area is 135 Å². The summed E-state index contributed by atoms with van der Waals surface area (Å²) in [5, 5.41) is 3.15. The molecular formula is C17H18ClN3O. The molecule has 2 heterocycles. The highest BCUT2D eigenvalue weighted by atomic mass is 35.5. The first-order valence-corrected chi connectivity index (χ1v) is 7.89. The van der Waals surface area contributed by atoms with Gasteiger partial charge in [0.1, 0.15) is 10.8 Å². The van der Waals surface area contributed by atoms with Crippen molar-refractivity contribution < 1.29 is 4.79 Å². The molecule has 2 aromatic rings. The summed E-state index contributed by atoms with van der Waals surface area (Å²) in [5.41, 5.74) is 2.28. The molecule has 0 spiro atoms. The zero-order valence-electron chi connectivity index (χ0n) is 12.3.